The van der Waals surface area contributed by atoms with Crippen LogP contribution in [0, 0.1) is 5.92 Å². The van der Waals surface area contributed by atoms with Gasteiger partial charge in [0.15, 0.2) is 0 Å². The minimum absolute atomic E-state index is 0.207. The molecule has 0 spiro atoms. The number of carbonyl (C=O) groups excluding carboxylic acids is 1. The summed E-state index contributed by atoms with van der Waals surface area (Å²) in [7, 11) is 0. The van der Waals surface area contributed by atoms with Gasteiger partial charge in [0.1, 0.15) is 5.78 Å². The lowest BCUT2D eigenvalue weighted by Gasteiger charge is -2.01. The Balaban J connectivity index is 3.24. The third-order valence-corrected chi connectivity index (χ3v) is 1.73. The number of hydrogen-bond acceptors (Lipinski definition) is 1. The molecule has 0 aliphatic heterocycles. The second-order valence-electron chi connectivity index (χ2n) is 3.16. The Hall–Kier alpha value is -0.590. The summed E-state index contributed by atoms with van der Waals surface area (Å²) in [5.41, 5.74) is 0. The summed E-state index contributed by atoms with van der Waals surface area (Å²) < 4.78 is 0. The number of allylic oxidation sites excluding steroid dienone is 1. The van der Waals surface area contributed by atoms with Crippen molar-refractivity contribution >= 4 is 5.78 Å². The van der Waals surface area contributed by atoms with Gasteiger partial charge in [0, 0.05) is 12.3 Å². The summed E-state index contributed by atoms with van der Waals surface area (Å²) in [5.74, 6) is 0.591. The molecule has 0 radical (unpaired) electrons. The van der Waals surface area contributed by atoms with Crippen molar-refractivity contribution in [3.8, 4) is 0 Å². The van der Waals surface area contributed by atoms with Gasteiger partial charge in [0.25, 0.3) is 0 Å². The lowest BCUT2D eigenvalue weighted by atomic mass is 10.0. The fraction of sp³-hybridized carbons (Fsp3) is 0.700. The molecule has 0 saturated heterocycles. The molecule has 11 heavy (non-hydrogen) atoms. The molecule has 64 valence electrons. The molecule has 1 nitrogen and oxygen atoms in total. The minimum atomic E-state index is 0.207. The molecule has 0 fully saturated rings. The second-order valence-corrected chi connectivity index (χ2v) is 3.16. The van der Waals surface area contributed by atoms with Crippen molar-refractivity contribution < 1.29 is 4.79 Å². The maximum atomic E-state index is 11.1. The van der Waals surface area contributed by atoms with E-state index in [1.807, 2.05) is 19.9 Å². The average molecular weight is 154 g/mol. The van der Waals surface area contributed by atoms with E-state index in [-0.39, 0.29) is 5.92 Å². The van der Waals surface area contributed by atoms with E-state index in [2.05, 4.69) is 6.58 Å². The van der Waals surface area contributed by atoms with Crippen LogP contribution in [0.1, 0.15) is 39.5 Å². The van der Waals surface area contributed by atoms with E-state index in [1.54, 1.807) is 0 Å². The molecular weight excluding hydrogens is 136 g/mol. The highest BCUT2D eigenvalue weighted by molar-refractivity contribution is 5.80. The van der Waals surface area contributed by atoms with Gasteiger partial charge in [-0.1, -0.05) is 19.9 Å². The number of Topliss-reactive ketones (excluding diaryl/α,β-unsaturated/α-hetero) is 1. The van der Waals surface area contributed by atoms with Crippen molar-refractivity contribution in [2.24, 2.45) is 5.92 Å². The SMILES string of the molecule is C=CCCCCC(=O)C(C)C. The molecule has 0 unspecified atom stereocenters. The quantitative estimate of drug-likeness (QED) is 0.424. The fourth-order valence-electron chi connectivity index (χ4n) is 0.877. The van der Waals surface area contributed by atoms with Crippen LogP contribution >= 0.6 is 0 Å². The smallest absolute Gasteiger partial charge is 0.135 e. The highest BCUT2D eigenvalue weighted by Gasteiger charge is 2.04. The van der Waals surface area contributed by atoms with Crippen molar-refractivity contribution in [2.45, 2.75) is 39.5 Å². The van der Waals surface area contributed by atoms with Crippen molar-refractivity contribution in [1.29, 1.82) is 0 Å². The monoisotopic (exact) mass is 154 g/mol. The molecule has 0 rings (SSSR count). The number of ketones is 1. The summed E-state index contributed by atoms with van der Waals surface area (Å²) in [6.07, 6.45) is 5.79. The molecule has 0 bridgehead atoms. The van der Waals surface area contributed by atoms with Crippen LogP contribution in [-0.2, 0) is 4.79 Å². The topological polar surface area (TPSA) is 17.1 Å². The number of hydrogen-bond donors (Lipinski definition) is 0. The predicted octanol–water partition coefficient (Wildman–Crippen LogP) is 2.96. The number of unbranched alkanes of at least 4 members (excludes halogenated alkanes) is 2. The standard InChI is InChI=1S/C10H18O/c1-4-5-6-7-8-10(11)9(2)3/h4,9H,1,5-8H2,2-3H3. The highest BCUT2D eigenvalue weighted by Crippen LogP contribution is 2.05. The van der Waals surface area contributed by atoms with Gasteiger partial charge in [-0.25, -0.2) is 0 Å². The maximum absolute atomic E-state index is 11.1. The molecule has 0 amide bonds. The Bertz CT molecular complexity index is 125. The van der Waals surface area contributed by atoms with E-state index >= 15 is 0 Å². The first-order valence-corrected chi connectivity index (χ1v) is 4.32. The van der Waals surface area contributed by atoms with E-state index < -0.39 is 0 Å². The van der Waals surface area contributed by atoms with Crippen LogP contribution in [0.25, 0.3) is 0 Å². The van der Waals surface area contributed by atoms with Crippen LogP contribution in [0.4, 0.5) is 0 Å². The Morgan fingerprint density at radius 1 is 1.45 bits per heavy atom. The van der Waals surface area contributed by atoms with Gasteiger partial charge in [-0.3, -0.25) is 4.79 Å². The van der Waals surface area contributed by atoms with Gasteiger partial charge >= 0.3 is 0 Å². The Labute approximate surface area is 69.5 Å². The van der Waals surface area contributed by atoms with Crippen LogP contribution in [0.15, 0.2) is 12.7 Å². The van der Waals surface area contributed by atoms with Gasteiger partial charge in [0.2, 0.25) is 0 Å². The molecule has 0 saturated carbocycles. The van der Waals surface area contributed by atoms with Crippen LogP contribution < -0.4 is 0 Å². The van der Waals surface area contributed by atoms with Crippen molar-refractivity contribution in [1.82, 2.24) is 0 Å². The van der Waals surface area contributed by atoms with Crippen LogP contribution in [0.5, 0.6) is 0 Å². The van der Waals surface area contributed by atoms with Crippen LogP contribution in [-0.4, -0.2) is 5.78 Å². The van der Waals surface area contributed by atoms with Gasteiger partial charge in [0.05, 0.1) is 0 Å². The van der Waals surface area contributed by atoms with E-state index in [4.69, 9.17) is 0 Å². The molecule has 0 aliphatic rings. The molecule has 0 atom stereocenters. The first-order chi connectivity index (χ1) is 5.18. The normalized spacial score (nSPS) is 10.1. The molecule has 0 aliphatic carbocycles. The van der Waals surface area contributed by atoms with Gasteiger partial charge < -0.3 is 0 Å². The largest absolute Gasteiger partial charge is 0.299 e. The van der Waals surface area contributed by atoms with Crippen LogP contribution in [0.3, 0.4) is 0 Å². The Morgan fingerprint density at radius 2 is 2.09 bits per heavy atom. The summed E-state index contributed by atoms with van der Waals surface area (Å²) in [6, 6.07) is 0. The first kappa shape index (κ1) is 10.4. The molecule has 0 aromatic heterocycles. The lowest BCUT2D eigenvalue weighted by molar-refractivity contribution is -0.122. The van der Waals surface area contributed by atoms with E-state index in [0.29, 0.717) is 5.78 Å². The van der Waals surface area contributed by atoms with Gasteiger partial charge in [-0.15, -0.1) is 6.58 Å². The fourth-order valence-corrected chi connectivity index (χ4v) is 0.877. The van der Waals surface area contributed by atoms with E-state index in [0.717, 1.165) is 25.7 Å². The number of rotatable bonds is 6. The molecule has 0 heterocycles. The van der Waals surface area contributed by atoms with E-state index in [1.165, 1.54) is 0 Å². The molecule has 0 aromatic carbocycles. The van der Waals surface area contributed by atoms with E-state index in [9.17, 15) is 4.79 Å². The summed E-state index contributed by atoms with van der Waals surface area (Å²) >= 11 is 0. The van der Waals surface area contributed by atoms with Crippen LogP contribution in [0.2, 0.25) is 0 Å². The third kappa shape index (κ3) is 5.84. The van der Waals surface area contributed by atoms with Gasteiger partial charge in [-0.05, 0) is 19.3 Å². The maximum Gasteiger partial charge on any atom is 0.135 e. The van der Waals surface area contributed by atoms with Crippen molar-refractivity contribution in [3.63, 3.8) is 0 Å². The third-order valence-electron chi connectivity index (χ3n) is 1.73. The molecule has 0 aromatic rings. The first-order valence-electron chi connectivity index (χ1n) is 4.32. The zero-order valence-electron chi connectivity index (χ0n) is 7.60. The summed E-state index contributed by atoms with van der Waals surface area (Å²) in [4.78, 5) is 11.1. The summed E-state index contributed by atoms with van der Waals surface area (Å²) in [5, 5.41) is 0. The second kappa shape index (κ2) is 6.14. The Kier molecular flexibility index (Phi) is 5.81. The zero-order chi connectivity index (χ0) is 8.69. The Morgan fingerprint density at radius 3 is 2.55 bits per heavy atom. The van der Waals surface area contributed by atoms with Crippen molar-refractivity contribution in [2.75, 3.05) is 0 Å². The lowest BCUT2D eigenvalue weighted by Crippen LogP contribution is -2.05. The molecular formula is C10H18O. The molecule has 1 heteroatoms. The van der Waals surface area contributed by atoms with Crippen molar-refractivity contribution in [3.05, 3.63) is 12.7 Å². The summed E-state index contributed by atoms with van der Waals surface area (Å²) in [6.45, 7) is 7.54. The van der Waals surface area contributed by atoms with Gasteiger partial charge in [-0.2, -0.15) is 0 Å². The molecule has 0 N–H and O–H groups in total. The average Bonchev–Trinajstić information content (AvgIpc) is 1.97. The zero-order valence-corrected chi connectivity index (χ0v) is 7.60. The number of carbonyl (C=O) groups is 1. The predicted molar refractivity (Wildman–Crippen MR) is 48.5 cm³/mol. The highest BCUT2D eigenvalue weighted by atomic mass is 16.1. The minimum Gasteiger partial charge on any atom is -0.299 e.